The topological polar surface area (TPSA) is 67.4 Å². The first-order valence-corrected chi connectivity index (χ1v) is 7.50. The van der Waals surface area contributed by atoms with Gasteiger partial charge in [0.25, 0.3) is 6.47 Å². The molecule has 1 amide bonds. The molecule has 1 aromatic rings. The van der Waals surface area contributed by atoms with Gasteiger partial charge in [0.05, 0.1) is 11.6 Å². The molecule has 0 spiro atoms. The molecule has 1 heterocycles. The number of anilines is 1. The van der Waals surface area contributed by atoms with Crippen LogP contribution in [0.1, 0.15) is 20.8 Å². The van der Waals surface area contributed by atoms with Crippen molar-refractivity contribution in [2.24, 2.45) is 5.92 Å². The first kappa shape index (κ1) is 17.7. The fourth-order valence-electron chi connectivity index (χ4n) is 1.42. The van der Waals surface area contributed by atoms with Crippen LogP contribution in [0.2, 0.25) is 0 Å². The smallest absolute Gasteiger partial charge is 0.293 e. The summed E-state index contributed by atoms with van der Waals surface area (Å²) >= 11 is 3.38. The van der Waals surface area contributed by atoms with E-state index in [1.54, 1.807) is 0 Å². The number of nitrogens with one attached hydrogen (secondary N) is 2. The van der Waals surface area contributed by atoms with Gasteiger partial charge in [0.15, 0.2) is 0 Å². The van der Waals surface area contributed by atoms with Gasteiger partial charge in [0.1, 0.15) is 5.60 Å². The van der Waals surface area contributed by atoms with Gasteiger partial charge >= 0.3 is 0 Å². The van der Waals surface area contributed by atoms with E-state index in [-0.39, 0.29) is 17.4 Å². The Bertz CT molecular complexity index is 482. The molecule has 0 unspecified atom stereocenters. The molecule has 1 aliphatic rings. The van der Waals surface area contributed by atoms with E-state index in [0.717, 1.165) is 23.2 Å². The second-order valence-electron chi connectivity index (χ2n) is 5.65. The van der Waals surface area contributed by atoms with E-state index in [2.05, 4.69) is 31.3 Å². The molecule has 116 valence electrons. The molecule has 0 saturated carbocycles. The van der Waals surface area contributed by atoms with E-state index in [1.165, 1.54) is 0 Å². The highest BCUT2D eigenvalue weighted by Crippen LogP contribution is 2.22. The van der Waals surface area contributed by atoms with E-state index < -0.39 is 0 Å². The largest absolute Gasteiger partial charge is 0.462 e. The third-order valence-corrected chi connectivity index (χ3v) is 3.38. The molecule has 1 saturated heterocycles. The molecular weight excluding hydrogens is 336 g/mol. The Morgan fingerprint density at radius 2 is 2.00 bits per heavy atom. The minimum Gasteiger partial charge on any atom is -0.462 e. The first-order chi connectivity index (χ1) is 9.83. The van der Waals surface area contributed by atoms with Crippen LogP contribution >= 0.6 is 15.9 Å². The van der Waals surface area contributed by atoms with Crippen molar-refractivity contribution in [2.45, 2.75) is 26.4 Å². The normalized spacial score (nSPS) is 14.3. The van der Waals surface area contributed by atoms with Crippen LogP contribution in [0.15, 0.2) is 28.7 Å². The van der Waals surface area contributed by atoms with E-state index in [9.17, 15) is 9.59 Å². The summed E-state index contributed by atoms with van der Waals surface area (Å²) in [4.78, 5) is 21.2. The third kappa shape index (κ3) is 6.73. The molecule has 0 aliphatic carbocycles. The zero-order chi connectivity index (χ0) is 15.9. The zero-order valence-electron chi connectivity index (χ0n) is 12.5. The van der Waals surface area contributed by atoms with Crippen molar-refractivity contribution in [3.8, 4) is 0 Å². The van der Waals surface area contributed by atoms with Crippen molar-refractivity contribution in [3.05, 3.63) is 28.7 Å². The maximum atomic E-state index is 11.6. The fraction of sp³-hybridized carbons (Fsp3) is 0.467. The van der Waals surface area contributed by atoms with Gasteiger partial charge in [0.2, 0.25) is 5.91 Å². The number of amides is 1. The molecule has 1 aliphatic heterocycles. The van der Waals surface area contributed by atoms with E-state index in [1.807, 2.05) is 45.0 Å². The summed E-state index contributed by atoms with van der Waals surface area (Å²) < 4.78 is 5.47. The number of carbonyl (C=O) groups is 2. The summed E-state index contributed by atoms with van der Waals surface area (Å²) in [5.41, 5.74) is 0.520. The number of para-hydroxylation sites is 1. The number of benzene rings is 1. The van der Waals surface area contributed by atoms with Gasteiger partial charge in [0, 0.05) is 17.6 Å². The van der Waals surface area contributed by atoms with Gasteiger partial charge in [-0.3, -0.25) is 9.59 Å². The van der Waals surface area contributed by atoms with E-state index in [0.29, 0.717) is 6.47 Å². The molecule has 21 heavy (non-hydrogen) atoms. The van der Waals surface area contributed by atoms with Crippen LogP contribution in [-0.2, 0) is 14.3 Å². The minimum absolute atomic E-state index is 0.0932. The van der Waals surface area contributed by atoms with Gasteiger partial charge in [-0.1, -0.05) is 12.1 Å². The lowest BCUT2D eigenvalue weighted by molar-refractivity contribution is -0.138. The molecule has 0 aromatic heterocycles. The molecule has 1 aromatic carbocycles. The Balaban J connectivity index is 0.000000270. The number of hydrogen-bond acceptors (Lipinski definition) is 4. The van der Waals surface area contributed by atoms with Gasteiger partial charge in [-0.15, -0.1) is 0 Å². The van der Waals surface area contributed by atoms with Crippen LogP contribution in [0.3, 0.4) is 0 Å². The highest BCUT2D eigenvalue weighted by molar-refractivity contribution is 9.10. The quantitative estimate of drug-likeness (QED) is 0.816. The van der Waals surface area contributed by atoms with E-state index >= 15 is 0 Å². The van der Waals surface area contributed by atoms with Crippen LogP contribution in [0.25, 0.3) is 0 Å². The maximum absolute atomic E-state index is 11.6. The lowest BCUT2D eigenvalue weighted by atomic mass is 10.0. The van der Waals surface area contributed by atoms with Crippen LogP contribution < -0.4 is 10.6 Å². The molecule has 2 N–H and O–H groups in total. The van der Waals surface area contributed by atoms with Gasteiger partial charge in [-0.25, -0.2) is 0 Å². The highest BCUT2D eigenvalue weighted by atomic mass is 79.9. The number of ether oxygens (including phenoxy) is 1. The predicted octanol–water partition coefficient (Wildman–Crippen LogP) is 2.56. The predicted molar refractivity (Wildman–Crippen MR) is 86.0 cm³/mol. The van der Waals surface area contributed by atoms with Crippen LogP contribution in [0.5, 0.6) is 0 Å². The van der Waals surface area contributed by atoms with Crippen molar-refractivity contribution in [1.29, 1.82) is 0 Å². The van der Waals surface area contributed by atoms with Crippen molar-refractivity contribution in [3.63, 3.8) is 0 Å². The van der Waals surface area contributed by atoms with Crippen molar-refractivity contribution in [2.75, 3.05) is 18.4 Å². The average molecular weight is 357 g/mol. The third-order valence-electron chi connectivity index (χ3n) is 2.69. The summed E-state index contributed by atoms with van der Waals surface area (Å²) in [5, 5.41) is 5.96. The maximum Gasteiger partial charge on any atom is 0.293 e. The van der Waals surface area contributed by atoms with Crippen molar-refractivity contribution >= 4 is 34.0 Å². The summed E-state index contributed by atoms with van der Waals surface area (Å²) in [6.45, 7) is 7.50. The fourth-order valence-corrected chi connectivity index (χ4v) is 1.80. The molecule has 5 nitrogen and oxygen atoms in total. The Morgan fingerprint density at radius 1 is 1.38 bits per heavy atom. The van der Waals surface area contributed by atoms with Crippen molar-refractivity contribution < 1.29 is 14.3 Å². The molecule has 0 bridgehead atoms. The minimum atomic E-state index is -0.318. The Labute approximate surface area is 133 Å². The monoisotopic (exact) mass is 356 g/mol. The summed E-state index contributed by atoms with van der Waals surface area (Å²) in [7, 11) is 0. The molecular formula is C15H21BrN2O3. The first-order valence-electron chi connectivity index (χ1n) is 6.71. The second kappa shape index (κ2) is 8.14. The standard InChI is InChI=1S/C10H11BrN2O.C5H10O2/c11-8-3-1-2-4-9(8)13-10(14)7-5-12-6-7;1-5(2,3)7-4-6/h1-4,7,12H,5-6H2,(H,13,14);4H,1-3H3. The summed E-state index contributed by atoms with van der Waals surface area (Å²) in [5.74, 6) is 0.220. The number of halogens is 1. The molecule has 1 fully saturated rings. The molecule has 0 atom stereocenters. The molecule has 2 rings (SSSR count). The molecule has 6 heteroatoms. The zero-order valence-corrected chi connectivity index (χ0v) is 14.1. The van der Waals surface area contributed by atoms with Gasteiger partial charge in [-0.2, -0.15) is 0 Å². The lowest BCUT2D eigenvalue weighted by Gasteiger charge is -2.25. The average Bonchev–Trinajstić information content (AvgIpc) is 2.29. The number of rotatable bonds is 3. The van der Waals surface area contributed by atoms with Crippen LogP contribution in [0.4, 0.5) is 5.69 Å². The number of carbonyl (C=O) groups excluding carboxylic acids is 2. The SMILES string of the molecule is CC(C)(C)OC=O.O=C(Nc1ccccc1Br)C1CNC1. The second-order valence-corrected chi connectivity index (χ2v) is 6.51. The highest BCUT2D eigenvalue weighted by Gasteiger charge is 2.24. The Hall–Kier alpha value is -1.40. The Morgan fingerprint density at radius 3 is 2.38 bits per heavy atom. The van der Waals surface area contributed by atoms with Gasteiger partial charge in [-0.05, 0) is 48.8 Å². The van der Waals surface area contributed by atoms with Gasteiger partial charge < -0.3 is 15.4 Å². The Kier molecular flexibility index (Phi) is 6.84. The lowest BCUT2D eigenvalue weighted by Crippen LogP contribution is -2.48. The van der Waals surface area contributed by atoms with Crippen LogP contribution in [0, 0.1) is 5.92 Å². The molecule has 0 radical (unpaired) electrons. The summed E-state index contributed by atoms with van der Waals surface area (Å²) in [6.07, 6.45) is 0. The summed E-state index contributed by atoms with van der Waals surface area (Å²) in [6, 6.07) is 7.62. The van der Waals surface area contributed by atoms with Crippen molar-refractivity contribution in [1.82, 2.24) is 5.32 Å². The van der Waals surface area contributed by atoms with Crippen LogP contribution in [-0.4, -0.2) is 31.1 Å². The number of hydrogen-bond donors (Lipinski definition) is 2. The van der Waals surface area contributed by atoms with E-state index in [4.69, 9.17) is 0 Å².